The number of benzene rings is 1. The molecule has 1 N–H and O–H groups in total. The first-order valence-corrected chi connectivity index (χ1v) is 6.70. The first-order valence-electron chi connectivity index (χ1n) is 6.70. The molecule has 3 rings (SSSR count). The Kier molecular flexibility index (Phi) is 3.33. The van der Waals surface area contributed by atoms with Crippen LogP contribution in [-0.2, 0) is 6.54 Å². The number of hydrogen-bond donors (Lipinski definition) is 1. The van der Waals surface area contributed by atoms with Gasteiger partial charge in [-0.05, 0) is 19.4 Å². The minimum absolute atomic E-state index is 0.312. The Bertz CT molecular complexity index is 659. The summed E-state index contributed by atoms with van der Waals surface area (Å²) in [6, 6.07) is 10.6. The molecule has 0 radical (unpaired) electrons. The minimum Gasteiger partial charge on any atom is -0.366 e. The number of imidazole rings is 1. The maximum absolute atomic E-state index is 4.46. The van der Waals surface area contributed by atoms with E-state index in [0.29, 0.717) is 6.04 Å². The van der Waals surface area contributed by atoms with Crippen molar-refractivity contribution in [3.63, 3.8) is 0 Å². The Balaban J connectivity index is 1.95. The van der Waals surface area contributed by atoms with Crippen LogP contribution in [0.5, 0.6) is 0 Å². The highest BCUT2D eigenvalue weighted by molar-refractivity contribution is 5.67. The maximum atomic E-state index is 4.46. The van der Waals surface area contributed by atoms with E-state index in [1.165, 1.54) is 5.56 Å². The fraction of sp³-hybridized carbons (Fsp3) is 0.267. The molecule has 0 unspecified atom stereocenters. The normalized spacial score (nSPS) is 11.2. The molecule has 0 bridgehead atoms. The smallest absolute Gasteiger partial charge is 0.165 e. The molecular formula is C15H17N5. The van der Waals surface area contributed by atoms with Crippen molar-refractivity contribution in [1.82, 2.24) is 19.5 Å². The van der Waals surface area contributed by atoms with E-state index in [1.54, 1.807) is 6.33 Å². The third kappa shape index (κ3) is 2.47. The predicted octanol–water partition coefficient (Wildman–Crippen LogP) is 2.65. The summed E-state index contributed by atoms with van der Waals surface area (Å²) in [6.45, 7) is 4.90. The third-order valence-electron chi connectivity index (χ3n) is 3.02. The van der Waals surface area contributed by atoms with Gasteiger partial charge in [-0.1, -0.05) is 30.3 Å². The van der Waals surface area contributed by atoms with Gasteiger partial charge in [-0.2, -0.15) is 0 Å². The first-order chi connectivity index (χ1) is 9.74. The molecule has 1 aromatic carbocycles. The van der Waals surface area contributed by atoms with Crippen molar-refractivity contribution in [3.05, 3.63) is 48.5 Å². The van der Waals surface area contributed by atoms with Gasteiger partial charge in [-0.15, -0.1) is 0 Å². The van der Waals surface area contributed by atoms with Crippen molar-refractivity contribution in [3.8, 4) is 11.5 Å². The Morgan fingerprint density at radius 2 is 1.90 bits per heavy atom. The number of aromatic nitrogens is 4. The van der Waals surface area contributed by atoms with E-state index in [-0.39, 0.29) is 0 Å². The van der Waals surface area contributed by atoms with E-state index in [1.807, 2.05) is 29.1 Å². The zero-order chi connectivity index (χ0) is 13.9. The summed E-state index contributed by atoms with van der Waals surface area (Å²) in [6.07, 6.45) is 3.40. The van der Waals surface area contributed by atoms with Crippen molar-refractivity contribution < 1.29 is 0 Å². The summed E-state index contributed by atoms with van der Waals surface area (Å²) in [5.41, 5.74) is 2.03. The lowest BCUT2D eigenvalue weighted by molar-refractivity contribution is 0.757. The second-order valence-electron chi connectivity index (χ2n) is 5.05. The molecule has 2 heterocycles. The highest BCUT2D eigenvalue weighted by Crippen LogP contribution is 2.25. The van der Waals surface area contributed by atoms with Crippen LogP contribution in [-0.4, -0.2) is 25.6 Å². The van der Waals surface area contributed by atoms with E-state index >= 15 is 0 Å². The zero-order valence-electron chi connectivity index (χ0n) is 11.6. The molecule has 0 amide bonds. The summed E-state index contributed by atoms with van der Waals surface area (Å²) < 4.78 is 2.02. The quantitative estimate of drug-likeness (QED) is 0.789. The number of anilines is 1. The molecule has 0 aromatic heterocycles. The van der Waals surface area contributed by atoms with Gasteiger partial charge in [0, 0.05) is 6.04 Å². The molecule has 0 aliphatic carbocycles. The van der Waals surface area contributed by atoms with Crippen LogP contribution in [0.4, 0.5) is 5.82 Å². The van der Waals surface area contributed by atoms with Gasteiger partial charge in [-0.25, -0.2) is 15.0 Å². The highest BCUT2D eigenvalue weighted by atomic mass is 15.2. The van der Waals surface area contributed by atoms with Gasteiger partial charge in [0.25, 0.3) is 0 Å². The second-order valence-corrected chi connectivity index (χ2v) is 5.05. The standard InChI is InChI=1S/C15H17N5/c1-11(2)19-14-13-15(17-9-16-13)20(10-18-14)8-12-6-4-3-5-7-12/h3-7,9-11,19H,8H2,1-2H3. The van der Waals surface area contributed by atoms with E-state index in [9.17, 15) is 0 Å². The van der Waals surface area contributed by atoms with Crippen LogP contribution in [0.15, 0.2) is 43.0 Å². The number of nitrogens with zero attached hydrogens (tertiary/aromatic N) is 4. The summed E-state index contributed by atoms with van der Waals surface area (Å²) in [7, 11) is 0. The van der Waals surface area contributed by atoms with Crippen molar-refractivity contribution >= 4 is 5.82 Å². The molecular weight excluding hydrogens is 250 g/mol. The summed E-state index contributed by atoms with van der Waals surface area (Å²) in [5.74, 6) is 1.64. The number of fused-ring (bicyclic) bond motifs is 1. The molecule has 102 valence electrons. The summed E-state index contributed by atoms with van der Waals surface area (Å²) in [5, 5.41) is 3.30. The topological polar surface area (TPSA) is 55.6 Å². The largest absolute Gasteiger partial charge is 0.366 e. The van der Waals surface area contributed by atoms with Gasteiger partial charge in [-0.3, -0.25) is 0 Å². The Labute approximate surface area is 118 Å². The van der Waals surface area contributed by atoms with E-state index in [4.69, 9.17) is 0 Å². The van der Waals surface area contributed by atoms with Gasteiger partial charge in [0.2, 0.25) is 0 Å². The number of rotatable bonds is 4. The summed E-state index contributed by atoms with van der Waals surface area (Å²) in [4.78, 5) is 13.1. The van der Waals surface area contributed by atoms with Gasteiger partial charge >= 0.3 is 0 Å². The van der Waals surface area contributed by atoms with Crippen LogP contribution in [0, 0.1) is 0 Å². The van der Waals surface area contributed by atoms with Gasteiger partial charge in [0.15, 0.2) is 17.3 Å². The van der Waals surface area contributed by atoms with Crippen molar-refractivity contribution in [2.24, 2.45) is 0 Å². The number of hydrogen-bond acceptors (Lipinski definition) is 4. The van der Waals surface area contributed by atoms with Gasteiger partial charge < -0.3 is 9.88 Å². The SMILES string of the molecule is CC(C)Nc1ncn(Cc2ccccc2)c2ncnc1-2. The van der Waals surface area contributed by atoms with E-state index in [2.05, 4.69) is 46.2 Å². The Hall–Kier alpha value is -2.43. The lowest BCUT2D eigenvalue weighted by atomic mass is 10.2. The third-order valence-corrected chi connectivity index (χ3v) is 3.02. The Morgan fingerprint density at radius 3 is 2.65 bits per heavy atom. The fourth-order valence-electron chi connectivity index (χ4n) is 2.16. The second kappa shape index (κ2) is 5.28. The molecule has 0 saturated heterocycles. The molecule has 2 aliphatic rings. The van der Waals surface area contributed by atoms with Crippen LogP contribution in [0.3, 0.4) is 0 Å². The molecule has 5 heteroatoms. The van der Waals surface area contributed by atoms with Crippen molar-refractivity contribution in [2.75, 3.05) is 5.32 Å². The molecule has 20 heavy (non-hydrogen) atoms. The fourth-order valence-corrected chi connectivity index (χ4v) is 2.16. The molecule has 0 saturated carbocycles. The lowest BCUT2D eigenvalue weighted by Gasteiger charge is -2.15. The van der Waals surface area contributed by atoms with Crippen LogP contribution in [0.2, 0.25) is 0 Å². The van der Waals surface area contributed by atoms with Gasteiger partial charge in [0.1, 0.15) is 6.33 Å². The van der Waals surface area contributed by atoms with Crippen LogP contribution >= 0.6 is 0 Å². The van der Waals surface area contributed by atoms with Crippen LogP contribution in [0.25, 0.3) is 11.5 Å². The highest BCUT2D eigenvalue weighted by Gasteiger charge is 2.17. The average Bonchev–Trinajstić information content (AvgIpc) is 2.92. The van der Waals surface area contributed by atoms with Crippen LogP contribution < -0.4 is 5.32 Å². The van der Waals surface area contributed by atoms with E-state index in [0.717, 1.165) is 23.9 Å². The van der Waals surface area contributed by atoms with Gasteiger partial charge in [0.05, 0.1) is 12.9 Å². The first kappa shape index (κ1) is 12.6. The maximum Gasteiger partial charge on any atom is 0.165 e. The minimum atomic E-state index is 0.312. The lowest BCUT2D eigenvalue weighted by Crippen LogP contribution is -2.15. The summed E-state index contributed by atoms with van der Waals surface area (Å²) >= 11 is 0. The molecule has 5 nitrogen and oxygen atoms in total. The molecule has 0 spiro atoms. The zero-order valence-corrected chi connectivity index (χ0v) is 11.6. The van der Waals surface area contributed by atoms with Crippen molar-refractivity contribution in [1.29, 1.82) is 0 Å². The predicted molar refractivity (Wildman–Crippen MR) is 78.7 cm³/mol. The average molecular weight is 267 g/mol. The Morgan fingerprint density at radius 1 is 1.10 bits per heavy atom. The number of nitrogens with one attached hydrogen (secondary N) is 1. The molecule has 0 atom stereocenters. The van der Waals surface area contributed by atoms with E-state index < -0.39 is 0 Å². The van der Waals surface area contributed by atoms with Crippen molar-refractivity contribution in [2.45, 2.75) is 26.4 Å². The molecule has 2 aliphatic heterocycles. The monoisotopic (exact) mass is 267 g/mol. The molecule has 1 aromatic rings. The molecule has 0 fully saturated rings. The van der Waals surface area contributed by atoms with Crippen LogP contribution in [0.1, 0.15) is 19.4 Å².